The van der Waals surface area contributed by atoms with Crippen LogP contribution in [0.25, 0.3) is 0 Å². The quantitative estimate of drug-likeness (QED) is 0.730. The van der Waals surface area contributed by atoms with Gasteiger partial charge in [0.05, 0.1) is 0 Å². The zero-order valence-corrected chi connectivity index (χ0v) is 9.78. The van der Waals surface area contributed by atoms with E-state index in [0.29, 0.717) is 0 Å². The molecule has 0 aliphatic carbocycles. The predicted octanol–water partition coefficient (Wildman–Crippen LogP) is 2.46. The van der Waals surface area contributed by atoms with Gasteiger partial charge in [0.1, 0.15) is 0 Å². The highest BCUT2D eigenvalue weighted by molar-refractivity contribution is 5.11. The van der Waals surface area contributed by atoms with Gasteiger partial charge in [-0.3, -0.25) is 0 Å². The molecule has 0 saturated carbocycles. The summed E-state index contributed by atoms with van der Waals surface area (Å²) in [6, 6.07) is 10.3. The van der Waals surface area contributed by atoms with Crippen LogP contribution in [0, 0.1) is 6.92 Å². The number of hydrogen-bond acceptors (Lipinski definition) is 2. The van der Waals surface area contributed by atoms with Gasteiger partial charge in [-0.1, -0.05) is 48.7 Å². The average molecular weight is 208 g/mol. The van der Waals surface area contributed by atoms with Gasteiger partial charge < -0.3 is 11.5 Å². The summed E-state index contributed by atoms with van der Waals surface area (Å²) < 4.78 is 0. The molecule has 0 radical (unpaired) electrons. The second-order valence-electron chi connectivity index (χ2n) is 3.65. The molecule has 0 unspecified atom stereocenters. The van der Waals surface area contributed by atoms with Crippen molar-refractivity contribution in [3.63, 3.8) is 0 Å². The van der Waals surface area contributed by atoms with Crippen molar-refractivity contribution >= 4 is 0 Å². The van der Waals surface area contributed by atoms with E-state index in [-0.39, 0.29) is 0 Å². The maximum absolute atomic E-state index is 5.28. The van der Waals surface area contributed by atoms with E-state index in [1.165, 1.54) is 18.4 Å². The number of unbranched alkanes of at least 4 members (excludes halogenated alkanes) is 3. The fourth-order valence-corrected chi connectivity index (χ4v) is 1.18. The Morgan fingerprint density at radius 3 is 1.53 bits per heavy atom. The fourth-order valence-electron chi connectivity index (χ4n) is 1.18. The van der Waals surface area contributed by atoms with Crippen LogP contribution in [0.5, 0.6) is 0 Å². The highest BCUT2D eigenvalue weighted by Gasteiger charge is 1.83. The van der Waals surface area contributed by atoms with Crippen molar-refractivity contribution in [1.82, 2.24) is 0 Å². The number of aryl methyl sites for hydroxylation is 1. The van der Waals surface area contributed by atoms with Crippen LogP contribution in [0.2, 0.25) is 0 Å². The van der Waals surface area contributed by atoms with Crippen molar-refractivity contribution in [1.29, 1.82) is 0 Å². The summed E-state index contributed by atoms with van der Waals surface area (Å²) in [7, 11) is 0. The van der Waals surface area contributed by atoms with E-state index in [1.807, 2.05) is 18.2 Å². The van der Waals surface area contributed by atoms with Gasteiger partial charge in [-0.2, -0.15) is 0 Å². The molecule has 1 aromatic rings. The third-order valence-electron chi connectivity index (χ3n) is 2.10. The maximum Gasteiger partial charge on any atom is -0.00773 e. The Morgan fingerprint density at radius 1 is 0.800 bits per heavy atom. The lowest BCUT2D eigenvalue weighted by Crippen LogP contribution is -2.00. The number of hydrogen-bond donors (Lipinski definition) is 2. The van der Waals surface area contributed by atoms with Gasteiger partial charge in [0, 0.05) is 0 Å². The maximum atomic E-state index is 5.28. The van der Waals surface area contributed by atoms with E-state index in [4.69, 9.17) is 11.5 Å². The predicted molar refractivity (Wildman–Crippen MR) is 67.8 cm³/mol. The van der Waals surface area contributed by atoms with Crippen LogP contribution in [0.1, 0.15) is 31.2 Å². The van der Waals surface area contributed by atoms with E-state index in [9.17, 15) is 0 Å². The summed E-state index contributed by atoms with van der Waals surface area (Å²) >= 11 is 0. The number of benzene rings is 1. The zero-order chi connectivity index (χ0) is 11.4. The molecule has 0 aromatic heterocycles. The van der Waals surface area contributed by atoms with Crippen LogP contribution in [-0.2, 0) is 0 Å². The summed E-state index contributed by atoms with van der Waals surface area (Å²) in [5.74, 6) is 0. The third kappa shape index (κ3) is 11.1. The molecule has 2 heteroatoms. The second-order valence-corrected chi connectivity index (χ2v) is 3.65. The molecule has 0 spiro atoms. The molecular formula is C13H24N2. The van der Waals surface area contributed by atoms with Gasteiger partial charge in [0.2, 0.25) is 0 Å². The summed E-state index contributed by atoms with van der Waals surface area (Å²) in [5, 5.41) is 0. The standard InChI is InChI=1S/C7H8.C6H16N2/c1-7-5-3-2-4-6-7;7-5-3-1-2-4-6-8/h2-6H,1H3;1-8H2. The molecule has 2 nitrogen and oxygen atoms in total. The van der Waals surface area contributed by atoms with Crippen molar-refractivity contribution in [3.05, 3.63) is 35.9 Å². The first kappa shape index (κ1) is 14.1. The Hall–Kier alpha value is -0.860. The monoisotopic (exact) mass is 208 g/mol. The number of nitrogens with two attached hydrogens (primary N) is 2. The Bertz CT molecular complexity index is 203. The lowest BCUT2D eigenvalue weighted by molar-refractivity contribution is 0.653. The van der Waals surface area contributed by atoms with Crippen molar-refractivity contribution in [2.45, 2.75) is 32.6 Å². The normalized spacial score (nSPS) is 9.27. The zero-order valence-electron chi connectivity index (χ0n) is 9.78. The van der Waals surface area contributed by atoms with Crippen LogP contribution in [0.15, 0.2) is 30.3 Å². The average Bonchev–Trinajstić information content (AvgIpc) is 2.27. The van der Waals surface area contributed by atoms with Gasteiger partial charge in [-0.05, 0) is 32.9 Å². The molecule has 1 rings (SSSR count). The van der Waals surface area contributed by atoms with E-state index in [2.05, 4.69) is 19.1 Å². The molecule has 4 N–H and O–H groups in total. The van der Waals surface area contributed by atoms with Crippen LogP contribution < -0.4 is 11.5 Å². The molecule has 0 saturated heterocycles. The van der Waals surface area contributed by atoms with Crippen molar-refractivity contribution < 1.29 is 0 Å². The highest BCUT2D eigenvalue weighted by atomic mass is 14.5. The molecular weight excluding hydrogens is 184 g/mol. The third-order valence-corrected chi connectivity index (χ3v) is 2.10. The SMILES string of the molecule is Cc1ccccc1.NCCCCCCN. The van der Waals surface area contributed by atoms with E-state index in [0.717, 1.165) is 25.9 Å². The van der Waals surface area contributed by atoms with Crippen LogP contribution in [0.3, 0.4) is 0 Å². The van der Waals surface area contributed by atoms with Crippen LogP contribution in [0.4, 0.5) is 0 Å². The lowest BCUT2D eigenvalue weighted by Gasteiger charge is -1.94. The Morgan fingerprint density at radius 2 is 1.27 bits per heavy atom. The molecule has 15 heavy (non-hydrogen) atoms. The topological polar surface area (TPSA) is 52.0 Å². The minimum atomic E-state index is 0.824. The van der Waals surface area contributed by atoms with Gasteiger partial charge >= 0.3 is 0 Å². The fraction of sp³-hybridized carbons (Fsp3) is 0.538. The molecule has 1 aromatic carbocycles. The van der Waals surface area contributed by atoms with Crippen LogP contribution in [-0.4, -0.2) is 13.1 Å². The van der Waals surface area contributed by atoms with E-state index < -0.39 is 0 Å². The first-order valence-corrected chi connectivity index (χ1v) is 5.73. The molecule has 0 atom stereocenters. The van der Waals surface area contributed by atoms with E-state index in [1.54, 1.807) is 0 Å². The van der Waals surface area contributed by atoms with Gasteiger partial charge in [-0.25, -0.2) is 0 Å². The summed E-state index contributed by atoms with van der Waals surface area (Å²) in [6.45, 7) is 3.73. The first-order chi connectivity index (χ1) is 7.31. The summed E-state index contributed by atoms with van der Waals surface area (Å²) in [4.78, 5) is 0. The Balaban J connectivity index is 0.000000262. The molecule has 0 aliphatic heterocycles. The molecule has 0 heterocycles. The Kier molecular flexibility index (Phi) is 10.6. The minimum Gasteiger partial charge on any atom is -0.330 e. The van der Waals surface area contributed by atoms with Crippen molar-refractivity contribution in [2.75, 3.05) is 13.1 Å². The number of rotatable bonds is 5. The minimum absolute atomic E-state index is 0.824. The van der Waals surface area contributed by atoms with Crippen molar-refractivity contribution in [3.8, 4) is 0 Å². The van der Waals surface area contributed by atoms with Gasteiger partial charge in [0.25, 0.3) is 0 Å². The first-order valence-electron chi connectivity index (χ1n) is 5.73. The van der Waals surface area contributed by atoms with Crippen LogP contribution >= 0.6 is 0 Å². The molecule has 86 valence electrons. The van der Waals surface area contributed by atoms with Crippen molar-refractivity contribution in [2.24, 2.45) is 11.5 Å². The summed E-state index contributed by atoms with van der Waals surface area (Å²) in [5.41, 5.74) is 11.9. The van der Waals surface area contributed by atoms with E-state index >= 15 is 0 Å². The smallest absolute Gasteiger partial charge is 0.00773 e. The molecule has 0 fully saturated rings. The second kappa shape index (κ2) is 11.2. The Labute approximate surface area is 93.7 Å². The molecule has 0 bridgehead atoms. The summed E-state index contributed by atoms with van der Waals surface area (Å²) in [6.07, 6.45) is 4.79. The molecule has 0 aliphatic rings. The lowest BCUT2D eigenvalue weighted by atomic mass is 10.2. The highest BCUT2D eigenvalue weighted by Crippen LogP contribution is 1.95. The molecule has 0 amide bonds. The largest absolute Gasteiger partial charge is 0.330 e. The van der Waals surface area contributed by atoms with Gasteiger partial charge in [-0.15, -0.1) is 0 Å². The van der Waals surface area contributed by atoms with Gasteiger partial charge in [0.15, 0.2) is 0 Å².